The van der Waals surface area contributed by atoms with Gasteiger partial charge >= 0.3 is 20.6 Å². The van der Waals surface area contributed by atoms with Gasteiger partial charge in [0.05, 0.1) is 0 Å². The zero-order valence-electron chi connectivity index (χ0n) is 7.04. The van der Waals surface area contributed by atoms with E-state index in [0.29, 0.717) is 0 Å². The molecule has 0 aromatic carbocycles. The molecule has 0 amide bonds. The van der Waals surface area contributed by atoms with E-state index in [2.05, 4.69) is 34.3 Å². The predicted octanol–water partition coefficient (Wildman–Crippen LogP) is 3.05. The van der Waals surface area contributed by atoms with Crippen molar-refractivity contribution in [3.8, 4) is 0 Å². The summed E-state index contributed by atoms with van der Waals surface area (Å²) in [5.74, 6) is 0. The summed E-state index contributed by atoms with van der Waals surface area (Å²) in [5.41, 5.74) is -5.57. The maximum Gasteiger partial charge on any atom is 0.424 e. The minimum atomic E-state index is -4.96. The standard InChI is InChI=1S/C4H5F6O3PS2/c5-3(6,7)1(15)12-14(11)13-2(16)4(8,9)10/h1-2,14-16H/t1-,2-/m0/s1. The normalized spacial score (nSPS) is 17.6. The molecule has 0 N–H and O–H groups in total. The Labute approximate surface area is 97.2 Å². The fourth-order valence-corrected chi connectivity index (χ4v) is 1.55. The van der Waals surface area contributed by atoms with Gasteiger partial charge in [-0.3, -0.25) is 13.6 Å². The molecular formula is C4H5F6O3PS2. The fraction of sp³-hybridized carbons (Fsp3) is 1.00. The zero-order valence-corrected chi connectivity index (χ0v) is 9.83. The summed E-state index contributed by atoms with van der Waals surface area (Å²) in [6.07, 6.45) is -9.92. The van der Waals surface area contributed by atoms with E-state index in [1.54, 1.807) is 0 Å². The van der Waals surface area contributed by atoms with Gasteiger partial charge in [0.1, 0.15) is 0 Å². The molecule has 0 aromatic heterocycles. The van der Waals surface area contributed by atoms with Crippen LogP contribution in [0.25, 0.3) is 0 Å². The van der Waals surface area contributed by atoms with Crippen molar-refractivity contribution >= 4 is 33.5 Å². The van der Waals surface area contributed by atoms with Gasteiger partial charge < -0.3 is 0 Å². The largest absolute Gasteiger partial charge is 0.424 e. The highest BCUT2D eigenvalue weighted by molar-refractivity contribution is 7.81. The Morgan fingerprint density at radius 3 is 1.31 bits per heavy atom. The Balaban J connectivity index is 4.21. The molecule has 0 saturated heterocycles. The van der Waals surface area contributed by atoms with Gasteiger partial charge in [0.2, 0.25) is 10.9 Å². The third-order valence-electron chi connectivity index (χ3n) is 0.976. The van der Waals surface area contributed by atoms with Crippen molar-refractivity contribution in [2.45, 2.75) is 23.2 Å². The summed E-state index contributed by atoms with van der Waals surface area (Å²) in [5, 5.41) is 0. The van der Waals surface area contributed by atoms with E-state index >= 15 is 0 Å². The van der Waals surface area contributed by atoms with Crippen LogP contribution in [0.4, 0.5) is 26.3 Å². The third-order valence-corrected chi connectivity index (χ3v) is 3.03. The van der Waals surface area contributed by atoms with E-state index in [-0.39, 0.29) is 0 Å². The van der Waals surface area contributed by atoms with Gasteiger partial charge in [0.25, 0.3) is 0 Å². The molecule has 98 valence electrons. The molecule has 12 heteroatoms. The van der Waals surface area contributed by atoms with Gasteiger partial charge in [0.15, 0.2) is 0 Å². The van der Waals surface area contributed by atoms with Crippen molar-refractivity contribution in [1.82, 2.24) is 0 Å². The minimum absolute atomic E-state index is 2.78. The lowest BCUT2D eigenvalue weighted by molar-refractivity contribution is -0.176. The maximum atomic E-state index is 11.8. The van der Waals surface area contributed by atoms with Crippen LogP contribution in [0.1, 0.15) is 0 Å². The Hall–Kier alpha value is 0.430. The molecular weight excluding hydrogens is 305 g/mol. The summed E-state index contributed by atoms with van der Waals surface area (Å²) in [6, 6.07) is 0. The SMILES string of the molecule is O=[PH](O[C@@H](S)C(F)(F)F)O[C@@H](S)C(F)(F)F. The minimum Gasteiger partial charge on any atom is -0.287 e. The van der Waals surface area contributed by atoms with E-state index in [4.69, 9.17) is 0 Å². The number of rotatable bonds is 4. The Morgan fingerprint density at radius 1 is 0.875 bits per heavy atom. The van der Waals surface area contributed by atoms with Gasteiger partial charge in [-0.25, -0.2) is 0 Å². The van der Waals surface area contributed by atoms with Crippen LogP contribution >= 0.6 is 33.5 Å². The molecule has 0 saturated carbocycles. The van der Waals surface area contributed by atoms with Gasteiger partial charge in [0, 0.05) is 0 Å². The molecule has 0 bridgehead atoms. The lowest BCUT2D eigenvalue weighted by Crippen LogP contribution is -2.27. The highest BCUT2D eigenvalue weighted by atomic mass is 32.1. The van der Waals surface area contributed by atoms with E-state index in [9.17, 15) is 30.9 Å². The van der Waals surface area contributed by atoms with E-state index in [1.165, 1.54) is 0 Å². The number of halogens is 6. The van der Waals surface area contributed by atoms with Gasteiger partial charge in [-0.2, -0.15) is 26.3 Å². The molecule has 0 rings (SSSR count). The Bertz CT molecular complexity index is 231. The lowest BCUT2D eigenvalue weighted by Gasteiger charge is -2.18. The molecule has 3 nitrogen and oxygen atoms in total. The van der Waals surface area contributed by atoms with Crippen LogP contribution in [-0.4, -0.2) is 23.2 Å². The summed E-state index contributed by atoms with van der Waals surface area (Å²) >= 11 is 5.67. The molecule has 0 aliphatic heterocycles. The van der Waals surface area contributed by atoms with Crippen LogP contribution in [0.5, 0.6) is 0 Å². The Morgan fingerprint density at radius 2 is 1.12 bits per heavy atom. The average Bonchev–Trinajstić information content (AvgIpc) is 1.99. The second-order valence-corrected chi connectivity index (χ2v) is 4.18. The molecule has 0 unspecified atom stereocenters. The van der Waals surface area contributed by atoms with Crippen LogP contribution in [0.2, 0.25) is 0 Å². The quantitative estimate of drug-likeness (QED) is 0.363. The summed E-state index contributed by atoms with van der Waals surface area (Å²) < 4.78 is 88.4. The van der Waals surface area contributed by atoms with Gasteiger partial charge in [-0.05, 0) is 0 Å². The topological polar surface area (TPSA) is 35.5 Å². The van der Waals surface area contributed by atoms with Crippen molar-refractivity contribution in [2.75, 3.05) is 0 Å². The van der Waals surface area contributed by atoms with Crippen molar-refractivity contribution in [3.63, 3.8) is 0 Å². The lowest BCUT2D eigenvalue weighted by atomic mass is 10.7. The fourth-order valence-electron chi connectivity index (χ4n) is 0.344. The van der Waals surface area contributed by atoms with Crippen molar-refractivity contribution in [1.29, 1.82) is 0 Å². The molecule has 0 aliphatic rings. The number of alkyl halides is 6. The smallest absolute Gasteiger partial charge is 0.287 e. The van der Waals surface area contributed by atoms with Crippen LogP contribution in [0, 0.1) is 0 Å². The van der Waals surface area contributed by atoms with Crippen molar-refractivity contribution < 1.29 is 40.0 Å². The van der Waals surface area contributed by atoms with E-state index in [1.807, 2.05) is 0 Å². The second-order valence-electron chi connectivity index (χ2n) is 2.27. The molecule has 2 atom stereocenters. The summed E-state index contributed by atoms with van der Waals surface area (Å²) in [7, 11) is -4.00. The highest BCUT2D eigenvalue weighted by Gasteiger charge is 2.42. The van der Waals surface area contributed by atoms with Crippen LogP contribution < -0.4 is 0 Å². The van der Waals surface area contributed by atoms with Crippen LogP contribution in [-0.2, 0) is 13.6 Å². The first-order valence-electron chi connectivity index (χ1n) is 3.31. The zero-order chi connectivity index (χ0) is 13.1. The predicted molar refractivity (Wildman–Crippen MR) is 48.8 cm³/mol. The molecule has 0 aromatic rings. The first-order chi connectivity index (χ1) is 6.94. The molecule has 0 radical (unpaired) electrons. The van der Waals surface area contributed by atoms with Crippen LogP contribution in [0.15, 0.2) is 0 Å². The van der Waals surface area contributed by atoms with Crippen molar-refractivity contribution in [3.05, 3.63) is 0 Å². The molecule has 0 aliphatic carbocycles. The summed E-state index contributed by atoms with van der Waals surface area (Å²) in [4.78, 5) is 0. The van der Waals surface area contributed by atoms with Gasteiger partial charge in [-0.15, -0.1) is 25.3 Å². The molecule has 0 heterocycles. The molecule has 0 spiro atoms. The third kappa shape index (κ3) is 6.24. The van der Waals surface area contributed by atoms with E-state index < -0.39 is 31.5 Å². The average molecular weight is 310 g/mol. The van der Waals surface area contributed by atoms with Crippen molar-refractivity contribution in [2.24, 2.45) is 0 Å². The van der Waals surface area contributed by atoms with E-state index in [0.717, 1.165) is 0 Å². The van der Waals surface area contributed by atoms with Crippen LogP contribution in [0.3, 0.4) is 0 Å². The second kappa shape index (κ2) is 5.85. The summed E-state index contributed by atoms with van der Waals surface area (Å²) in [6.45, 7) is 0. The highest BCUT2D eigenvalue weighted by Crippen LogP contribution is 2.39. The monoisotopic (exact) mass is 310 g/mol. The molecule has 0 fully saturated rings. The number of hydrogen-bond acceptors (Lipinski definition) is 5. The number of hydrogen-bond donors (Lipinski definition) is 2. The maximum absolute atomic E-state index is 11.8. The molecule has 16 heavy (non-hydrogen) atoms. The number of thiol groups is 2. The first kappa shape index (κ1) is 16.4. The van der Waals surface area contributed by atoms with Gasteiger partial charge in [-0.1, -0.05) is 0 Å². The Kier molecular flexibility index (Phi) is 6.01. The first-order valence-corrected chi connectivity index (χ1v) is 5.57.